The predicted octanol–water partition coefficient (Wildman–Crippen LogP) is 5.63. The van der Waals surface area contributed by atoms with E-state index in [9.17, 15) is 14.0 Å². The fraction of sp³-hybridized carbons (Fsp3) is 0.138. The molecule has 0 saturated carbocycles. The number of benzene rings is 3. The highest BCUT2D eigenvalue weighted by Gasteiger charge is 2.18. The third kappa shape index (κ3) is 5.33. The van der Waals surface area contributed by atoms with Gasteiger partial charge in [-0.15, -0.1) is 0 Å². The molecule has 1 amide bonds. The monoisotopic (exact) mass is 528 g/mol. The molecule has 0 radical (unpaired) electrons. The molecule has 0 bridgehead atoms. The molecule has 0 aliphatic rings. The Morgan fingerprint density at radius 2 is 1.92 bits per heavy atom. The van der Waals surface area contributed by atoms with Gasteiger partial charge in [-0.25, -0.2) is 9.37 Å². The summed E-state index contributed by atoms with van der Waals surface area (Å²) in [5.41, 5.74) is 4.40. The first-order valence-corrected chi connectivity index (χ1v) is 12.9. The number of H-pyrrole nitrogens is 1. The van der Waals surface area contributed by atoms with Gasteiger partial charge in [0.05, 0.1) is 19.4 Å². The number of aromatic amines is 1. The number of carbonyl (C=O) groups is 1. The van der Waals surface area contributed by atoms with Crippen molar-refractivity contribution in [3.05, 3.63) is 106 Å². The number of amides is 1. The van der Waals surface area contributed by atoms with Crippen LogP contribution in [0.1, 0.15) is 11.1 Å². The number of hydrogen-bond donors (Lipinski definition) is 2. The zero-order valence-electron chi connectivity index (χ0n) is 20.8. The van der Waals surface area contributed by atoms with Gasteiger partial charge in [0.15, 0.2) is 5.16 Å². The Morgan fingerprint density at radius 3 is 2.71 bits per heavy atom. The third-order valence-electron chi connectivity index (χ3n) is 6.12. The lowest BCUT2D eigenvalue weighted by Crippen LogP contribution is -2.25. The Labute approximate surface area is 222 Å². The third-order valence-corrected chi connectivity index (χ3v) is 7.09. The van der Waals surface area contributed by atoms with E-state index in [4.69, 9.17) is 9.72 Å². The molecule has 0 atom stereocenters. The minimum Gasteiger partial charge on any atom is -0.497 e. The van der Waals surface area contributed by atoms with Crippen LogP contribution in [0.15, 0.2) is 88.9 Å². The number of nitrogens with one attached hydrogen (secondary N) is 2. The van der Waals surface area contributed by atoms with Gasteiger partial charge in [-0.2, -0.15) is 0 Å². The van der Waals surface area contributed by atoms with Crippen LogP contribution in [0.2, 0.25) is 0 Å². The van der Waals surface area contributed by atoms with Crippen molar-refractivity contribution in [2.45, 2.75) is 18.6 Å². The van der Waals surface area contributed by atoms with Crippen LogP contribution >= 0.6 is 11.8 Å². The van der Waals surface area contributed by atoms with Crippen molar-refractivity contribution in [2.75, 3.05) is 18.2 Å². The number of rotatable bonds is 8. The largest absolute Gasteiger partial charge is 0.497 e. The minimum atomic E-state index is -0.432. The maximum Gasteiger partial charge on any atom is 0.278 e. The first kappa shape index (κ1) is 25.3. The van der Waals surface area contributed by atoms with Gasteiger partial charge >= 0.3 is 0 Å². The predicted molar refractivity (Wildman–Crippen MR) is 148 cm³/mol. The maximum atomic E-state index is 13.7. The molecular weight excluding hydrogens is 503 g/mol. The Kier molecular flexibility index (Phi) is 7.28. The van der Waals surface area contributed by atoms with Gasteiger partial charge in [-0.1, -0.05) is 60.3 Å². The quantitative estimate of drug-likeness (QED) is 0.201. The number of halogens is 1. The topological polar surface area (TPSA) is 89.0 Å². The van der Waals surface area contributed by atoms with Crippen LogP contribution in [0.4, 0.5) is 10.1 Å². The van der Waals surface area contributed by atoms with Crippen molar-refractivity contribution in [2.24, 2.45) is 0 Å². The number of thioether (sulfide) groups is 1. The van der Waals surface area contributed by atoms with Gasteiger partial charge < -0.3 is 15.0 Å². The molecule has 2 heterocycles. The molecule has 38 heavy (non-hydrogen) atoms. The number of carbonyl (C=O) groups excluding carboxylic acids is 1. The molecule has 192 valence electrons. The lowest BCUT2D eigenvalue weighted by atomic mass is 10.1. The minimum absolute atomic E-state index is 0.0168. The van der Waals surface area contributed by atoms with Crippen molar-refractivity contribution >= 4 is 34.4 Å². The van der Waals surface area contributed by atoms with Crippen molar-refractivity contribution in [3.8, 4) is 16.9 Å². The van der Waals surface area contributed by atoms with Crippen molar-refractivity contribution < 1.29 is 13.9 Å². The van der Waals surface area contributed by atoms with Crippen LogP contribution < -0.4 is 15.6 Å². The van der Waals surface area contributed by atoms with Crippen LogP contribution in [-0.4, -0.2) is 33.3 Å². The summed E-state index contributed by atoms with van der Waals surface area (Å²) < 4.78 is 20.6. The summed E-state index contributed by atoms with van der Waals surface area (Å²) in [6, 6.07) is 21.4. The number of methoxy groups -OCH3 is 1. The van der Waals surface area contributed by atoms with Gasteiger partial charge in [0, 0.05) is 17.4 Å². The number of ether oxygens (including phenoxy) is 1. The second-order valence-electron chi connectivity index (χ2n) is 8.73. The number of aryl methyl sites for hydroxylation is 1. The van der Waals surface area contributed by atoms with Crippen molar-refractivity contribution in [1.82, 2.24) is 14.5 Å². The van der Waals surface area contributed by atoms with E-state index >= 15 is 0 Å². The zero-order chi connectivity index (χ0) is 26.6. The highest BCUT2D eigenvalue weighted by atomic mass is 32.2. The van der Waals surface area contributed by atoms with Crippen LogP contribution in [0.5, 0.6) is 5.75 Å². The first-order valence-electron chi connectivity index (χ1n) is 11.9. The summed E-state index contributed by atoms with van der Waals surface area (Å²) in [7, 11) is 1.59. The molecule has 0 aliphatic carbocycles. The number of nitrogens with zero attached hydrogens (tertiary/aromatic N) is 2. The summed E-state index contributed by atoms with van der Waals surface area (Å²) in [6.45, 7) is 2.03. The zero-order valence-corrected chi connectivity index (χ0v) is 21.6. The van der Waals surface area contributed by atoms with Gasteiger partial charge in [-0.05, 0) is 47.9 Å². The number of fused-ring (bicyclic) bond motifs is 1. The molecule has 0 fully saturated rings. The molecule has 3 aromatic carbocycles. The van der Waals surface area contributed by atoms with E-state index in [1.807, 2.05) is 54.6 Å². The SMILES string of the molecule is COc1cccc(Cn2c(SCC(=O)Nc3cc(F)ccc3C)nc3c(-c4ccccc4)c[nH]c3c2=O)c1. The van der Waals surface area contributed by atoms with Crippen LogP contribution in [-0.2, 0) is 11.3 Å². The highest BCUT2D eigenvalue weighted by molar-refractivity contribution is 7.99. The molecule has 0 aliphatic heterocycles. The van der Waals surface area contributed by atoms with E-state index < -0.39 is 5.82 Å². The Morgan fingerprint density at radius 1 is 1.11 bits per heavy atom. The summed E-state index contributed by atoms with van der Waals surface area (Å²) in [4.78, 5) is 34.4. The molecular formula is C29H25FN4O3S. The summed E-state index contributed by atoms with van der Waals surface area (Å²) in [5, 5.41) is 3.15. The lowest BCUT2D eigenvalue weighted by Gasteiger charge is -2.14. The summed E-state index contributed by atoms with van der Waals surface area (Å²) >= 11 is 1.15. The standard InChI is InChI=1S/C29H25FN4O3S/c1-18-11-12-21(30)14-24(18)32-25(35)17-38-29-33-26-23(20-8-4-3-5-9-20)15-31-27(26)28(36)34(29)16-19-7-6-10-22(13-19)37-2/h3-15,31H,16-17H2,1-2H3,(H,32,35). The molecule has 5 rings (SSSR count). The average Bonchev–Trinajstić information content (AvgIpc) is 3.36. The molecule has 0 spiro atoms. The Hall–Kier alpha value is -4.37. The van der Waals surface area contributed by atoms with Crippen LogP contribution in [0, 0.1) is 12.7 Å². The van der Waals surface area contributed by atoms with Gasteiger partial charge in [0.1, 0.15) is 22.6 Å². The number of anilines is 1. The van der Waals surface area contributed by atoms with E-state index in [2.05, 4.69) is 10.3 Å². The van der Waals surface area contributed by atoms with E-state index in [1.165, 1.54) is 12.1 Å². The molecule has 9 heteroatoms. The van der Waals surface area contributed by atoms with Crippen molar-refractivity contribution in [1.29, 1.82) is 0 Å². The average molecular weight is 529 g/mol. The van der Waals surface area contributed by atoms with Gasteiger partial charge in [0.25, 0.3) is 5.56 Å². The molecule has 2 aromatic heterocycles. The Balaban J connectivity index is 1.51. The molecule has 2 N–H and O–H groups in total. The number of aromatic nitrogens is 3. The molecule has 7 nitrogen and oxygen atoms in total. The maximum absolute atomic E-state index is 13.7. The molecule has 0 unspecified atom stereocenters. The van der Waals surface area contributed by atoms with Crippen molar-refractivity contribution in [3.63, 3.8) is 0 Å². The molecule has 5 aromatic rings. The lowest BCUT2D eigenvalue weighted by molar-refractivity contribution is -0.113. The second kappa shape index (κ2) is 10.9. The van der Waals surface area contributed by atoms with E-state index in [1.54, 1.807) is 30.9 Å². The Bertz CT molecular complexity index is 1680. The van der Waals surface area contributed by atoms with E-state index in [-0.39, 0.29) is 23.8 Å². The smallest absolute Gasteiger partial charge is 0.278 e. The van der Waals surface area contributed by atoms with Crippen LogP contribution in [0.3, 0.4) is 0 Å². The van der Waals surface area contributed by atoms with E-state index in [0.717, 1.165) is 34.0 Å². The summed E-state index contributed by atoms with van der Waals surface area (Å²) in [5.74, 6) is -0.103. The van der Waals surface area contributed by atoms with Gasteiger partial charge in [0.2, 0.25) is 5.91 Å². The normalized spacial score (nSPS) is 11.0. The number of hydrogen-bond acceptors (Lipinski definition) is 5. The fourth-order valence-electron chi connectivity index (χ4n) is 4.16. The first-order chi connectivity index (χ1) is 18.4. The van der Waals surface area contributed by atoms with E-state index in [0.29, 0.717) is 27.6 Å². The van der Waals surface area contributed by atoms with Crippen LogP contribution in [0.25, 0.3) is 22.2 Å². The highest BCUT2D eigenvalue weighted by Crippen LogP contribution is 2.28. The molecule has 0 saturated heterocycles. The summed E-state index contributed by atoms with van der Waals surface area (Å²) in [6.07, 6.45) is 1.78. The fourth-order valence-corrected chi connectivity index (χ4v) is 4.95. The second-order valence-corrected chi connectivity index (χ2v) is 9.67. The van der Waals surface area contributed by atoms with Gasteiger partial charge in [-0.3, -0.25) is 14.2 Å².